The third kappa shape index (κ3) is 5.25. The Morgan fingerprint density at radius 3 is 2.23 bits per heavy atom. The molecule has 1 heterocycles. The van der Waals surface area contributed by atoms with Gasteiger partial charge >= 0.3 is 12.2 Å². The van der Waals surface area contributed by atoms with E-state index in [-0.39, 0.29) is 18.5 Å². The number of benzene rings is 3. The van der Waals surface area contributed by atoms with Gasteiger partial charge in [-0.25, -0.2) is 4.79 Å². The van der Waals surface area contributed by atoms with E-state index in [0.29, 0.717) is 27.5 Å². The molecule has 2 N–H and O–H groups in total. The second-order valence-corrected chi connectivity index (χ2v) is 9.34. The van der Waals surface area contributed by atoms with Crippen LogP contribution in [0.25, 0.3) is 11.1 Å². The van der Waals surface area contributed by atoms with Gasteiger partial charge in [-0.1, -0.05) is 49.7 Å². The van der Waals surface area contributed by atoms with Crippen LogP contribution < -0.4 is 15.4 Å². The van der Waals surface area contributed by atoms with Crippen LogP contribution >= 0.6 is 11.6 Å². The molecular weight excluding hydrogens is 477 g/mol. The fourth-order valence-corrected chi connectivity index (χ4v) is 4.64. The molecule has 1 aliphatic rings. The van der Waals surface area contributed by atoms with Crippen LogP contribution in [0.2, 0.25) is 5.02 Å². The Morgan fingerprint density at radius 1 is 0.971 bits per heavy atom. The molecule has 35 heavy (non-hydrogen) atoms. The normalized spacial score (nSPS) is 16.7. The standard InChI is InChI=1S/C27H26ClF3N2O2/c1-15(2)17-6-11-24(35-3)21(12-17)20-10-7-18(27(29,30)31)13-22(20)25(23-14-32-26(34)33-23)16-4-8-19(28)9-5-16/h4-13,15,23,25H,14H2,1-3H3,(H2,32,33,34). The summed E-state index contributed by atoms with van der Waals surface area (Å²) in [5.41, 5.74) is 2.76. The Morgan fingerprint density at radius 2 is 1.66 bits per heavy atom. The number of alkyl halides is 3. The first-order chi connectivity index (χ1) is 16.6. The van der Waals surface area contributed by atoms with Gasteiger partial charge in [0.2, 0.25) is 0 Å². The van der Waals surface area contributed by atoms with E-state index in [2.05, 4.69) is 24.5 Å². The third-order valence-corrected chi connectivity index (χ3v) is 6.58. The van der Waals surface area contributed by atoms with Gasteiger partial charge < -0.3 is 15.4 Å². The highest BCUT2D eigenvalue weighted by Gasteiger charge is 2.36. The molecule has 4 rings (SSSR count). The number of hydrogen-bond acceptors (Lipinski definition) is 2. The van der Waals surface area contributed by atoms with E-state index in [1.165, 1.54) is 19.2 Å². The molecule has 0 bridgehead atoms. The zero-order chi connectivity index (χ0) is 25.3. The molecule has 1 fully saturated rings. The zero-order valence-corrected chi connectivity index (χ0v) is 20.3. The molecule has 184 valence electrons. The quantitative estimate of drug-likeness (QED) is 0.382. The van der Waals surface area contributed by atoms with Gasteiger partial charge in [0, 0.05) is 23.0 Å². The van der Waals surface area contributed by atoms with Gasteiger partial charge in [0.25, 0.3) is 0 Å². The van der Waals surface area contributed by atoms with E-state index in [1.54, 1.807) is 24.3 Å². The van der Waals surface area contributed by atoms with Crippen molar-refractivity contribution in [1.29, 1.82) is 0 Å². The summed E-state index contributed by atoms with van der Waals surface area (Å²) < 4.78 is 47.2. The first kappa shape index (κ1) is 24.9. The second-order valence-electron chi connectivity index (χ2n) is 8.90. The van der Waals surface area contributed by atoms with Crippen molar-refractivity contribution >= 4 is 17.6 Å². The molecule has 0 aliphatic carbocycles. The van der Waals surface area contributed by atoms with E-state index in [4.69, 9.17) is 16.3 Å². The highest BCUT2D eigenvalue weighted by molar-refractivity contribution is 6.30. The Labute approximate surface area is 207 Å². The molecule has 0 aromatic heterocycles. The molecule has 0 spiro atoms. The lowest BCUT2D eigenvalue weighted by Gasteiger charge is -2.28. The lowest BCUT2D eigenvalue weighted by molar-refractivity contribution is -0.137. The van der Waals surface area contributed by atoms with Crippen molar-refractivity contribution < 1.29 is 22.7 Å². The number of nitrogens with one attached hydrogen (secondary N) is 2. The van der Waals surface area contributed by atoms with Gasteiger partial charge in [0.05, 0.1) is 18.7 Å². The zero-order valence-electron chi connectivity index (χ0n) is 19.5. The maximum atomic E-state index is 13.9. The van der Waals surface area contributed by atoms with Gasteiger partial charge in [0.1, 0.15) is 5.75 Å². The Bertz CT molecular complexity index is 1230. The number of urea groups is 1. The number of rotatable bonds is 6. The molecule has 1 aliphatic heterocycles. The van der Waals surface area contributed by atoms with E-state index >= 15 is 0 Å². The highest BCUT2D eigenvalue weighted by Crippen LogP contribution is 2.43. The summed E-state index contributed by atoms with van der Waals surface area (Å²) in [4.78, 5) is 12.0. The molecule has 4 nitrogen and oxygen atoms in total. The van der Waals surface area contributed by atoms with Crippen LogP contribution in [0.4, 0.5) is 18.0 Å². The smallest absolute Gasteiger partial charge is 0.416 e. The van der Waals surface area contributed by atoms with Gasteiger partial charge in [0.15, 0.2) is 0 Å². The van der Waals surface area contributed by atoms with Crippen LogP contribution in [-0.4, -0.2) is 25.7 Å². The minimum absolute atomic E-state index is 0.211. The number of hydrogen-bond donors (Lipinski definition) is 2. The first-order valence-electron chi connectivity index (χ1n) is 11.3. The predicted octanol–water partition coefficient (Wildman–Crippen LogP) is 6.97. The number of ether oxygens (including phenoxy) is 1. The summed E-state index contributed by atoms with van der Waals surface area (Å²) in [6.07, 6.45) is -4.53. The van der Waals surface area contributed by atoms with Gasteiger partial charge in [-0.05, 0) is 64.6 Å². The highest BCUT2D eigenvalue weighted by atomic mass is 35.5. The molecule has 2 atom stereocenters. The predicted molar refractivity (Wildman–Crippen MR) is 131 cm³/mol. The van der Waals surface area contributed by atoms with Gasteiger partial charge in [-0.2, -0.15) is 13.2 Å². The SMILES string of the molecule is COc1ccc(C(C)C)cc1-c1ccc(C(F)(F)F)cc1C(c1ccc(Cl)cc1)C1CNC(=O)N1. The Hall–Kier alpha value is -3.19. The summed E-state index contributed by atoms with van der Waals surface area (Å²) in [6, 6.07) is 15.6. The van der Waals surface area contributed by atoms with E-state index in [0.717, 1.165) is 17.2 Å². The molecule has 0 saturated carbocycles. The number of halogens is 4. The monoisotopic (exact) mass is 502 g/mol. The molecular formula is C27H26ClF3N2O2. The summed E-state index contributed by atoms with van der Waals surface area (Å²) in [6.45, 7) is 4.37. The average Bonchev–Trinajstić information content (AvgIpc) is 3.25. The van der Waals surface area contributed by atoms with Crippen molar-refractivity contribution in [3.63, 3.8) is 0 Å². The lowest BCUT2D eigenvalue weighted by Crippen LogP contribution is -2.33. The third-order valence-electron chi connectivity index (χ3n) is 6.32. The number of carbonyl (C=O) groups excluding carboxylic acids is 1. The summed E-state index contributed by atoms with van der Waals surface area (Å²) in [7, 11) is 1.54. The van der Waals surface area contributed by atoms with Crippen molar-refractivity contribution in [1.82, 2.24) is 10.6 Å². The molecule has 3 aromatic carbocycles. The van der Waals surface area contributed by atoms with Crippen LogP contribution in [0.3, 0.4) is 0 Å². The maximum Gasteiger partial charge on any atom is 0.416 e. The van der Waals surface area contributed by atoms with E-state index in [9.17, 15) is 18.0 Å². The van der Waals surface area contributed by atoms with Gasteiger partial charge in [-0.3, -0.25) is 0 Å². The number of amides is 2. The Balaban J connectivity index is 2.00. The van der Waals surface area contributed by atoms with Crippen LogP contribution in [0, 0.1) is 0 Å². The van der Waals surface area contributed by atoms with Gasteiger partial charge in [-0.15, -0.1) is 0 Å². The fraction of sp³-hybridized carbons (Fsp3) is 0.296. The molecule has 3 aromatic rings. The molecule has 8 heteroatoms. The molecule has 0 radical (unpaired) electrons. The van der Waals surface area contributed by atoms with Crippen molar-refractivity contribution in [2.75, 3.05) is 13.7 Å². The number of carbonyl (C=O) groups is 1. The Kier molecular flexibility index (Phi) is 6.99. The van der Waals surface area contributed by atoms with Crippen molar-refractivity contribution in [3.8, 4) is 16.9 Å². The molecule has 2 unspecified atom stereocenters. The van der Waals surface area contributed by atoms with Crippen molar-refractivity contribution in [2.24, 2.45) is 0 Å². The lowest BCUT2D eigenvalue weighted by atomic mass is 9.80. The van der Waals surface area contributed by atoms with E-state index in [1.807, 2.05) is 18.2 Å². The second kappa shape index (κ2) is 9.82. The van der Waals surface area contributed by atoms with Crippen LogP contribution in [0.5, 0.6) is 5.75 Å². The fourth-order valence-electron chi connectivity index (χ4n) is 4.51. The molecule has 2 amide bonds. The van der Waals surface area contributed by atoms with E-state index < -0.39 is 23.7 Å². The minimum atomic E-state index is -4.53. The van der Waals surface area contributed by atoms with Crippen molar-refractivity contribution in [3.05, 3.63) is 87.9 Å². The average molecular weight is 503 g/mol. The van der Waals surface area contributed by atoms with Crippen molar-refractivity contribution in [2.45, 2.75) is 37.9 Å². The summed E-state index contributed by atoms with van der Waals surface area (Å²) in [5.74, 6) is 0.192. The maximum absolute atomic E-state index is 13.9. The van der Waals surface area contributed by atoms with Crippen LogP contribution in [0.1, 0.15) is 47.9 Å². The first-order valence-corrected chi connectivity index (χ1v) is 11.7. The molecule has 1 saturated heterocycles. The van der Waals surface area contributed by atoms with Crippen LogP contribution in [-0.2, 0) is 6.18 Å². The number of methoxy groups -OCH3 is 1. The topological polar surface area (TPSA) is 50.4 Å². The minimum Gasteiger partial charge on any atom is -0.496 e. The van der Waals surface area contributed by atoms with Crippen LogP contribution in [0.15, 0.2) is 60.7 Å². The largest absolute Gasteiger partial charge is 0.496 e. The summed E-state index contributed by atoms with van der Waals surface area (Å²) in [5, 5.41) is 6.10. The summed E-state index contributed by atoms with van der Waals surface area (Å²) >= 11 is 6.10.